The number of aromatic carboxylic acids is 1. The highest BCUT2D eigenvalue weighted by Crippen LogP contribution is 2.26. The van der Waals surface area contributed by atoms with Gasteiger partial charge in [-0.05, 0) is 45.4 Å². The molecule has 0 unspecified atom stereocenters. The lowest BCUT2D eigenvalue weighted by molar-refractivity contribution is 0.0240. The van der Waals surface area contributed by atoms with Crippen molar-refractivity contribution >= 4 is 24.0 Å². The second kappa shape index (κ2) is 7.13. The molecule has 1 aromatic carbocycles. The van der Waals surface area contributed by atoms with Crippen LogP contribution in [0.25, 0.3) is 0 Å². The molecule has 1 saturated heterocycles. The fourth-order valence-electron chi connectivity index (χ4n) is 2.75. The van der Waals surface area contributed by atoms with E-state index in [9.17, 15) is 19.5 Å². The summed E-state index contributed by atoms with van der Waals surface area (Å²) in [5.41, 5.74) is 1.36. The molecule has 0 aromatic heterocycles. The second-order valence-corrected chi connectivity index (χ2v) is 7.09. The molecule has 1 aliphatic rings. The van der Waals surface area contributed by atoms with Gasteiger partial charge in [0.25, 0.3) is 0 Å². The van der Waals surface area contributed by atoms with Crippen LogP contribution in [0.4, 0.5) is 10.5 Å². The van der Waals surface area contributed by atoms with Crippen LogP contribution in [0.15, 0.2) is 12.1 Å². The first kappa shape index (κ1) is 18.8. The summed E-state index contributed by atoms with van der Waals surface area (Å²) in [6.07, 6.45) is 0.319. The van der Waals surface area contributed by atoms with Crippen molar-refractivity contribution < 1.29 is 24.2 Å². The Balaban J connectivity index is 2.15. The van der Waals surface area contributed by atoms with E-state index in [0.29, 0.717) is 43.7 Å². The maximum Gasteiger partial charge on any atom is 0.410 e. The zero-order chi connectivity index (χ0) is 18.8. The molecule has 0 radical (unpaired) electrons. The van der Waals surface area contributed by atoms with Crippen molar-refractivity contribution in [1.82, 2.24) is 4.90 Å². The molecular formula is C18H24N2O5. The summed E-state index contributed by atoms with van der Waals surface area (Å²) in [5, 5.41) is 9.24. The number of hydrogen-bond acceptors (Lipinski definition) is 5. The average molecular weight is 348 g/mol. The molecular weight excluding hydrogens is 324 g/mol. The van der Waals surface area contributed by atoms with E-state index in [0.717, 1.165) is 5.56 Å². The smallest absolute Gasteiger partial charge is 0.410 e. The minimum Gasteiger partial charge on any atom is -0.478 e. The van der Waals surface area contributed by atoms with E-state index in [1.165, 1.54) is 6.07 Å². The first-order valence-electron chi connectivity index (χ1n) is 8.18. The monoisotopic (exact) mass is 348 g/mol. The zero-order valence-electron chi connectivity index (χ0n) is 15.0. The van der Waals surface area contributed by atoms with Crippen LogP contribution in [0.5, 0.6) is 0 Å². The summed E-state index contributed by atoms with van der Waals surface area (Å²) in [6, 6.07) is 2.96. The predicted octanol–water partition coefficient (Wildman–Crippen LogP) is 2.56. The standard InChI is InChI=1S/C18H24N2O5/c1-12-14(11-21)9-13(16(22)23)10-15(12)19-5-7-20(8-6-19)17(24)25-18(2,3)4/h9-11H,5-8H2,1-4H3,(H,22,23). The molecule has 1 amide bonds. The Kier molecular flexibility index (Phi) is 5.35. The molecule has 25 heavy (non-hydrogen) atoms. The molecule has 2 rings (SSSR count). The van der Waals surface area contributed by atoms with Gasteiger partial charge in [-0.25, -0.2) is 9.59 Å². The molecule has 0 spiro atoms. The summed E-state index contributed by atoms with van der Waals surface area (Å²) in [5.74, 6) is -1.07. The Morgan fingerprint density at radius 1 is 1.16 bits per heavy atom. The molecule has 0 bridgehead atoms. The largest absolute Gasteiger partial charge is 0.478 e. The Labute approximate surface area is 147 Å². The van der Waals surface area contributed by atoms with Crippen LogP contribution in [-0.2, 0) is 4.74 Å². The number of ether oxygens (including phenoxy) is 1. The highest BCUT2D eigenvalue weighted by atomic mass is 16.6. The predicted molar refractivity (Wildman–Crippen MR) is 93.5 cm³/mol. The molecule has 0 atom stereocenters. The molecule has 7 heteroatoms. The number of aldehydes is 1. The number of piperazine rings is 1. The van der Waals surface area contributed by atoms with E-state index in [2.05, 4.69) is 0 Å². The Hall–Kier alpha value is -2.57. The number of hydrogen-bond donors (Lipinski definition) is 1. The number of carbonyl (C=O) groups excluding carboxylic acids is 2. The van der Waals surface area contributed by atoms with Gasteiger partial charge in [-0.15, -0.1) is 0 Å². The van der Waals surface area contributed by atoms with Crippen LogP contribution in [-0.4, -0.2) is 60.1 Å². The molecule has 0 aliphatic carbocycles. The summed E-state index contributed by atoms with van der Waals surface area (Å²) < 4.78 is 5.37. The van der Waals surface area contributed by atoms with Gasteiger partial charge in [-0.3, -0.25) is 4.79 Å². The van der Waals surface area contributed by atoms with E-state index in [-0.39, 0.29) is 11.7 Å². The summed E-state index contributed by atoms with van der Waals surface area (Å²) in [6.45, 7) is 9.30. The van der Waals surface area contributed by atoms with Crippen molar-refractivity contribution in [2.45, 2.75) is 33.3 Å². The quantitative estimate of drug-likeness (QED) is 0.845. The van der Waals surface area contributed by atoms with Crippen molar-refractivity contribution in [1.29, 1.82) is 0 Å². The van der Waals surface area contributed by atoms with Gasteiger partial charge in [0.05, 0.1) is 5.56 Å². The molecule has 1 aromatic rings. The fourth-order valence-corrected chi connectivity index (χ4v) is 2.75. The SMILES string of the molecule is Cc1c(C=O)cc(C(=O)O)cc1N1CCN(C(=O)OC(C)(C)C)CC1. The third-order valence-corrected chi connectivity index (χ3v) is 4.07. The van der Waals surface area contributed by atoms with Gasteiger partial charge < -0.3 is 19.6 Å². The first-order valence-corrected chi connectivity index (χ1v) is 8.18. The van der Waals surface area contributed by atoms with Gasteiger partial charge in [0.2, 0.25) is 0 Å². The number of rotatable bonds is 3. The van der Waals surface area contributed by atoms with Crippen molar-refractivity contribution in [2.24, 2.45) is 0 Å². The van der Waals surface area contributed by atoms with E-state index in [1.807, 2.05) is 25.7 Å². The summed E-state index contributed by atoms with van der Waals surface area (Å²) in [7, 11) is 0. The summed E-state index contributed by atoms with van der Waals surface area (Å²) >= 11 is 0. The molecule has 1 aliphatic heterocycles. The van der Waals surface area contributed by atoms with Crippen molar-refractivity contribution in [3.05, 3.63) is 28.8 Å². The van der Waals surface area contributed by atoms with Crippen LogP contribution >= 0.6 is 0 Å². The molecule has 136 valence electrons. The van der Waals surface area contributed by atoms with E-state index in [1.54, 1.807) is 17.9 Å². The fraction of sp³-hybridized carbons (Fsp3) is 0.500. The molecule has 7 nitrogen and oxygen atoms in total. The van der Waals surface area contributed by atoms with Crippen molar-refractivity contribution in [2.75, 3.05) is 31.1 Å². The van der Waals surface area contributed by atoms with Crippen LogP contribution in [0.1, 0.15) is 47.1 Å². The maximum atomic E-state index is 12.1. The zero-order valence-corrected chi connectivity index (χ0v) is 15.0. The minimum atomic E-state index is -1.07. The van der Waals surface area contributed by atoms with Gasteiger partial charge in [0.15, 0.2) is 0 Å². The van der Waals surface area contributed by atoms with Gasteiger partial charge in [-0.2, -0.15) is 0 Å². The van der Waals surface area contributed by atoms with Crippen LogP contribution in [0, 0.1) is 6.92 Å². The van der Waals surface area contributed by atoms with Gasteiger partial charge >= 0.3 is 12.1 Å². The average Bonchev–Trinajstić information content (AvgIpc) is 2.53. The molecule has 1 fully saturated rings. The van der Waals surface area contributed by atoms with Crippen molar-refractivity contribution in [3.63, 3.8) is 0 Å². The van der Waals surface area contributed by atoms with Gasteiger partial charge in [-0.1, -0.05) is 0 Å². The highest BCUT2D eigenvalue weighted by molar-refractivity contribution is 5.93. The maximum absolute atomic E-state index is 12.1. The topological polar surface area (TPSA) is 87.2 Å². The highest BCUT2D eigenvalue weighted by Gasteiger charge is 2.27. The summed E-state index contributed by atoms with van der Waals surface area (Å²) in [4.78, 5) is 38.3. The minimum absolute atomic E-state index is 0.0808. The lowest BCUT2D eigenvalue weighted by Gasteiger charge is -2.37. The molecule has 0 saturated carbocycles. The number of anilines is 1. The Bertz CT molecular complexity index is 685. The Morgan fingerprint density at radius 3 is 2.24 bits per heavy atom. The van der Waals surface area contributed by atoms with E-state index >= 15 is 0 Å². The first-order chi connectivity index (χ1) is 11.6. The third-order valence-electron chi connectivity index (χ3n) is 4.07. The number of benzene rings is 1. The van der Waals surface area contributed by atoms with E-state index in [4.69, 9.17) is 4.74 Å². The normalized spacial score (nSPS) is 15.0. The lowest BCUT2D eigenvalue weighted by Crippen LogP contribution is -2.50. The van der Waals surface area contributed by atoms with Gasteiger partial charge in [0, 0.05) is 37.4 Å². The molecule has 1 heterocycles. The number of amides is 1. The number of carboxylic acids is 1. The van der Waals surface area contributed by atoms with Crippen molar-refractivity contribution in [3.8, 4) is 0 Å². The lowest BCUT2D eigenvalue weighted by atomic mass is 10.0. The number of carboxylic acid groups (broad SMARTS) is 1. The second-order valence-electron chi connectivity index (χ2n) is 7.09. The number of nitrogens with zero attached hydrogens (tertiary/aromatic N) is 2. The van der Waals surface area contributed by atoms with Crippen LogP contribution < -0.4 is 4.90 Å². The third kappa shape index (κ3) is 4.49. The van der Waals surface area contributed by atoms with Crippen LogP contribution in [0.3, 0.4) is 0 Å². The van der Waals surface area contributed by atoms with E-state index < -0.39 is 11.6 Å². The Morgan fingerprint density at radius 2 is 1.76 bits per heavy atom. The van der Waals surface area contributed by atoms with Crippen LogP contribution in [0.2, 0.25) is 0 Å². The molecule has 1 N–H and O–H groups in total. The number of carbonyl (C=O) groups is 3. The van der Waals surface area contributed by atoms with Gasteiger partial charge in [0.1, 0.15) is 11.9 Å².